The van der Waals surface area contributed by atoms with Crippen LogP contribution in [0.3, 0.4) is 0 Å². The van der Waals surface area contributed by atoms with Crippen LogP contribution >= 0.6 is 0 Å². The number of hydrogen-bond acceptors (Lipinski definition) is 4. The van der Waals surface area contributed by atoms with Crippen molar-refractivity contribution < 1.29 is 14.6 Å². The van der Waals surface area contributed by atoms with Gasteiger partial charge in [-0.1, -0.05) is 6.07 Å². The van der Waals surface area contributed by atoms with Crippen LogP contribution in [0.2, 0.25) is 0 Å². The lowest BCUT2D eigenvalue weighted by Gasteiger charge is -2.24. The molecule has 0 radical (unpaired) electrons. The highest BCUT2D eigenvalue weighted by Gasteiger charge is 2.21. The van der Waals surface area contributed by atoms with Crippen LogP contribution in [0.5, 0.6) is 5.75 Å². The average molecular weight is 266 g/mol. The van der Waals surface area contributed by atoms with Gasteiger partial charge in [-0.15, -0.1) is 0 Å². The monoisotopic (exact) mass is 266 g/mol. The molecule has 0 aliphatic carbocycles. The van der Waals surface area contributed by atoms with Crippen molar-refractivity contribution in [2.45, 2.75) is 25.8 Å². The van der Waals surface area contributed by atoms with Crippen LogP contribution in [-0.2, 0) is 9.53 Å². The Morgan fingerprint density at radius 1 is 1.53 bits per heavy atom. The maximum Gasteiger partial charge on any atom is 0.243 e. The first kappa shape index (κ1) is 15.5. The first-order valence-electron chi connectivity index (χ1n) is 6.45. The Kier molecular flexibility index (Phi) is 6.32. The molecule has 5 heteroatoms. The number of hydrogen-bond donors (Lipinski definition) is 2. The Labute approximate surface area is 114 Å². The number of nitrogens with zero attached hydrogens (tertiary/aromatic N) is 1. The van der Waals surface area contributed by atoms with Crippen LogP contribution in [0.1, 0.15) is 19.8 Å². The molecule has 0 saturated carbocycles. The van der Waals surface area contributed by atoms with Crippen LogP contribution in [0.4, 0.5) is 5.69 Å². The second-order valence-electron chi connectivity index (χ2n) is 4.34. The fraction of sp³-hybridized carbons (Fsp3) is 0.500. The van der Waals surface area contributed by atoms with Crippen molar-refractivity contribution in [1.82, 2.24) is 0 Å². The van der Waals surface area contributed by atoms with Crippen LogP contribution in [0, 0.1) is 0 Å². The minimum atomic E-state index is -0.544. The number of amides is 1. The smallest absolute Gasteiger partial charge is 0.243 e. The zero-order valence-corrected chi connectivity index (χ0v) is 11.5. The van der Waals surface area contributed by atoms with Gasteiger partial charge < -0.3 is 20.5 Å². The SMILES string of the molecule is CCN(C(=O)C(N)CCCOC)c1cccc(O)c1. The van der Waals surface area contributed by atoms with E-state index in [1.165, 1.54) is 0 Å². The molecule has 0 aliphatic heterocycles. The van der Waals surface area contributed by atoms with Crippen molar-refractivity contribution >= 4 is 11.6 Å². The number of carbonyl (C=O) groups excluding carboxylic acids is 1. The summed E-state index contributed by atoms with van der Waals surface area (Å²) < 4.78 is 4.95. The van der Waals surface area contributed by atoms with Crippen molar-refractivity contribution in [3.63, 3.8) is 0 Å². The third kappa shape index (κ3) is 4.54. The summed E-state index contributed by atoms with van der Waals surface area (Å²) in [5.74, 6) is 0.000840. The zero-order valence-electron chi connectivity index (χ0n) is 11.5. The third-order valence-electron chi connectivity index (χ3n) is 2.90. The van der Waals surface area contributed by atoms with Gasteiger partial charge in [0.15, 0.2) is 0 Å². The highest BCUT2D eigenvalue weighted by atomic mass is 16.5. The van der Waals surface area contributed by atoms with E-state index >= 15 is 0 Å². The van der Waals surface area contributed by atoms with Crippen LogP contribution in [-0.4, -0.2) is 37.3 Å². The van der Waals surface area contributed by atoms with Crippen LogP contribution in [0.25, 0.3) is 0 Å². The van der Waals surface area contributed by atoms with Gasteiger partial charge in [0.2, 0.25) is 5.91 Å². The fourth-order valence-corrected chi connectivity index (χ4v) is 1.90. The predicted molar refractivity (Wildman–Crippen MR) is 75.2 cm³/mol. The van der Waals surface area contributed by atoms with E-state index in [1.807, 2.05) is 6.92 Å². The van der Waals surface area contributed by atoms with E-state index in [0.29, 0.717) is 25.3 Å². The molecule has 0 fully saturated rings. The summed E-state index contributed by atoms with van der Waals surface area (Å²) in [6.45, 7) is 2.99. The average Bonchev–Trinajstić information content (AvgIpc) is 2.39. The van der Waals surface area contributed by atoms with Gasteiger partial charge in [0.1, 0.15) is 5.75 Å². The predicted octanol–water partition coefficient (Wildman–Crippen LogP) is 1.50. The maximum absolute atomic E-state index is 12.3. The van der Waals surface area contributed by atoms with Crippen molar-refractivity contribution in [2.24, 2.45) is 5.73 Å². The number of rotatable bonds is 7. The van der Waals surface area contributed by atoms with E-state index in [-0.39, 0.29) is 11.7 Å². The molecular formula is C14H22N2O3. The standard InChI is InChI=1S/C14H22N2O3/c1-3-16(11-6-4-7-12(17)10-11)14(18)13(15)8-5-9-19-2/h4,6-7,10,13,17H,3,5,8-9,15H2,1-2H3. The number of anilines is 1. The van der Waals surface area contributed by atoms with Gasteiger partial charge >= 0.3 is 0 Å². The molecule has 1 aromatic carbocycles. The normalized spacial score (nSPS) is 12.2. The summed E-state index contributed by atoms with van der Waals surface area (Å²) in [6, 6.07) is 6.07. The molecule has 3 N–H and O–H groups in total. The first-order valence-corrected chi connectivity index (χ1v) is 6.45. The van der Waals surface area contributed by atoms with Crippen molar-refractivity contribution in [3.8, 4) is 5.75 Å². The van der Waals surface area contributed by atoms with Gasteiger partial charge in [-0.05, 0) is 31.9 Å². The van der Waals surface area contributed by atoms with E-state index in [4.69, 9.17) is 10.5 Å². The largest absolute Gasteiger partial charge is 0.508 e. The molecule has 5 nitrogen and oxygen atoms in total. The Morgan fingerprint density at radius 2 is 2.26 bits per heavy atom. The number of nitrogens with two attached hydrogens (primary N) is 1. The second-order valence-corrected chi connectivity index (χ2v) is 4.34. The maximum atomic E-state index is 12.3. The number of likely N-dealkylation sites (N-methyl/N-ethyl adjacent to an activating group) is 1. The number of ether oxygens (including phenoxy) is 1. The molecule has 1 unspecified atom stereocenters. The van der Waals surface area contributed by atoms with Gasteiger partial charge in [0, 0.05) is 32.0 Å². The molecule has 1 rings (SSSR count). The summed E-state index contributed by atoms with van der Waals surface area (Å²) in [6.07, 6.45) is 1.34. The molecule has 1 amide bonds. The number of aromatic hydroxyl groups is 1. The molecule has 0 aromatic heterocycles. The van der Waals surface area contributed by atoms with E-state index in [9.17, 15) is 9.90 Å². The summed E-state index contributed by atoms with van der Waals surface area (Å²) >= 11 is 0. The number of carbonyl (C=O) groups is 1. The minimum Gasteiger partial charge on any atom is -0.508 e. The Hall–Kier alpha value is -1.59. The van der Waals surface area contributed by atoms with Crippen LogP contribution in [0.15, 0.2) is 24.3 Å². The second kappa shape index (κ2) is 7.76. The zero-order chi connectivity index (χ0) is 14.3. The number of phenols is 1. The third-order valence-corrected chi connectivity index (χ3v) is 2.90. The summed E-state index contributed by atoms with van der Waals surface area (Å²) in [5.41, 5.74) is 6.56. The van der Waals surface area contributed by atoms with E-state index in [1.54, 1.807) is 36.3 Å². The lowest BCUT2D eigenvalue weighted by Crippen LogP contribution is -2.44. The van der Waals surface area contributed by atoms with Gasteiger partial charge in [0.05, 0.1) is 6.04 Å². The fourth-order valence-electron chi connectivity index (χ4n) is 1.90. The van der Waals surface area contributed by atoms with Gasteiger partial charge in [0.25, 0.3) is 0 Å². The van der Waals surface area contributed by atoms with Gasteiger partial charge in [-0.3, -0.25) is 4.79 Å². The van der Waals surface area contributed by atoms with Crippen molar-refractivity contribution in [3.05, 3.63) is 24.3 Å². The summed E-state index contributed by atoms with van der Waals surface area (Å²) in [5, 5.41) is 9.47. The molecule has 0 bridgehead atoms. The van der Waals surface area contributed by atoms with Gasteiger partial charge in [-0.2, -0.15) is 0 Å². The highest BCUT2D eigenvalue weighted by molar-refractivity contribution is 5.97. The van der Waals surface area contributed by atoms with Crippen LogP contribution < -0.4 is 10.6 Å². The first-order chi connectivity index (χ1) is 9.10. The Balaban J connectivity index is 2.71. The molecule has 0 saturated heterocycles. The van der Waals surface area contributed by atoms with E-state index in [0.717, 1.165) is 6.42 Å². The lowest BCUT2D eigenvalue weighted by atomic mass is 10.1. The Bertz CT molecular complexity index is 409. The molecule has 19 heavy (non-hydrogen) atoms. The minimum absolute atomic E-state index is 0.135. The van der Waals surface area contributed by atoms with E-state index < -0.39 is 6.04 Å². The van der Waals surface area contributed by atoms with Gasteiger partial charge in [-0.25, -0.2) is 0 Å². The molecule has 0 heterocycles. The molecule has 1 atom stereocenters. The number of phenolic OH excluding ortho intramolecular Hbond substituents is 1. The molecule has 1 aromatic rings. The molecule has 0 aliphatic rings. The van der Waals surface area contributed by atoms with Crippen molar-refractivity contribution in [2.75, 3.05) is 25.2 Å². The summed E-state index contributed by atoms with van der Waals surface area (Å²) in [7, 11) is 1.62. The van der Waals surface area contributed by atoms with E-state index in [2.05, 4.69) is 0 Å². The number of methoxy groups -OCH3 is 1. The topological polar surface area (TPSA) is 75.8 Å². The summed E-state index contributed by atoms with van der Waals surface area (Å²) in [4.78, 5) is 13.8. The molecule has 0 spiro atoms. The van der Waals surface area contributed by atoms with Crippen molar-refractivity contribution in [1.29, 1.82) is 0 Å². The lowest BCUT2D eigenvalue weighted by molar-refractivity contribution is -0.120. The highest BCUT2D eigenvalue weighted by Crippen LogP contribution is 2.20. The number of benzene rings is 1. The molecule has 106 valence electrons. The molecular weight excluding hydrogens is 244 g/mol. The Morgan fingerprint density at radius 3 is 2.84 bits per heavy atom. The quantitative estimate of drug-likeness (QED) is 0.733.